The fourth-order valence-corrected chi connectivity index (χ4v) is 3.68. The first-order valence-corrected chi connectivity index (χ1v) is 8.91. The van der Waals surface area contributed by atoms with Crippen LogP contribution in [0.15, 0.2) is 30.3 Å². The zero-order valence-corrected chi connectivity index (χ0v) is 15.1. The van der Waals surface area contributed by atoms with Crippen LogP contribution in [0.5, 0.6) is 0 Å². The number of hydrogen-bond acceptors (Lipinski definition) is 4. The maximum absolute atomic E-state index is 11.6. The lowest BCUT2D eigenvalue weighted by molar-refractivity contribution is 0.0697. The van der Waals surface area contributed by atoms with Crippen molar-refractivity contribution in [2.45, 2.75) is 52.1 Å². The molecule has 0 amide bonds. The summed E-state index contributed by atoms with van der Waals surface area (Å²) in [5.41, 5.74) is 2.61. The van der Waals surface area contributed by atoms with Gasteiger partial charge in [0.05, 0.1) is 23.0 Å². The van der Waals surface area contributed by atoms with Crippen molar-refractivity contribution < 1.29 is 9.90 Å². The first-order chi connectivity index (χ1) is 12.0. The molecule has 1 aliphatic heterocycles. The highest BCUT2D eigenvalue weighted by atomic mass is 16.4. The molecule has 25 heavy (non-hydrogen) atoms. The van der Waals surface area contributed by atoms with Gasteiger partial charge >= 0.3 is 5.97 Å². The van der Waals surface area contributed by atoms with Crippen LogP contribution in [0, 0.1) is 6.92 Å². The minimum Gasteiger partial charge on any atom is -0.478 e. The van der Waals surface area contributed by atoms with Gasteiger partial charge < -0.3 is 5.11 Å². The third kappa shape index (κ3) is 3.71. The quantitative estimate of drug-likeness (QED) is 0.909. The molecule has 1 unspecified atom stereocenters. The van der Waals surface area contributed by atoms with E-state index in [1.54, 1.807) is 12.1 Å². The van der Waals surface area contributed by atoms with Crippen LogP contribution in [0.1, 0.15) is 61.0 Å². The standard InChI is InChI=1S/C20H25N3O2/c1-13(2)23-11-7-6-10-19(23)18-12-17(21-14(3)22-18)15-8-4-5-9-16(15)20(24)25/h4-5,8-9,12-13,19H,6-7,10-11H2,1-3H3,(H,24,25). The number of rotatable bonds is 4. The van der Waals surface area contributed by atoms with Crippen molar-refractivity contribution in [3.8, 4) is 11.3 Å². The smallest absolute Gasteiger partial charge is 0.336 e. The molecule has 0 radical (unpaired) electrons. The Kier molecular flexibility index (Phi) is 5.13. The van der Waals surface area contributed by atoms with Crippen molar-refractivity contribution >= 4 is 5.97 Å². The molecule has 0 bridgehead atoms. The summed E-state index contributed by atoms with van der Waals surface area (Å²) < 4.78 is 0. The molecule has 0 aliphatic carbocycles. The van der Waals surface area contributed by atoms with Gasteiger partial charge in [-0.2, -0.15) is 0 Å². The Labute approximate surface area is 148 Å². The molecule has 1 aliphatic rings. The number of carbonyl (C=O) groups is 1. The molecular formula is C20H25N3O2. The van der Waals surface area contributed by atoms with Crippen molar-refractivity contribution in [1.82, 2.24) is 14.9 Å². The molecule has 5 heteroatoms. The van der Waals surface area contributed by atoms with E-state index in [0.29, 0.717) is 23.1 Å². The number of carboxylic acids is 1. The predicted octanol–water partition coefficient (Wildman–Crippen LogP) is 4.09. The van der Waals surface area contributed by atoms with Gasteiger partial charge in [0, 0.05) is 11.6 Å². The fourth-order valence-electron chi connectivity index (χ4n) is 3.68. The van der Waals surface area contributed by atoms with E-state index in [9.17, 15) is 9.90 Å². The van der Waals surface area contributed by atoms with E-state index < -0.39 is 5.97 Å². The first kappa shape index (κ1) is 17.5. The van der Waals surface area contributed by atoms with Crippen LogP contribution in [0.4, 0.5) is 0 Å². The van der Waals surface area contributed by atoms with Crippen LogP contribution >= 0.6 is 0 Å². The summed E-state index contributed by atoms with van der Waals surface area (Å²) in [7, 11) is 0. The van der Waals surface area contributed by atoms with Crippen molar-refractivity contribution in [1.29, 1.82) is 0 Å². The number of aromatic nitrogens is 2. The Balaban J connectivity index is 2.06. The van der Waals surface area contributed by atoms with Crippen molar-refractivity contribution in [3.63, 3.8) is 0 Å². The SMILES string of the molecule is Cc1nc(-c2ccccc2C(=O)O)cc(C2CCCCN2C(C)C)n1. The van der Waals surface area contributed by atoms with Crippen LogP contribution < -0.4 is 0 Å². The summed E-state index contributed by atoms with van der Waals surface area (Å²) in [6.45, 7) is 7.38. The van der Waals surface area contributed by atoms with Gasteiger partial charge in [-0.25, -0.2) is 14.8 Å². The van der Waals surface area contributed by atoms with Crippen molar-refractivity contribution in [2.24, 2.45) is 0 Å². The molecule has 0 saturated carbocycles. The summed E-state index contributed by atoms with van der Waals surface area (Å²) in [5.74, 6) is -0.253. The van der Waals surface area contributed by atoms with Gasteiger partial charge in [0.15, 0.2) is 0 Å². The van der Waals surface area contributed by atoms with E-state index in [1.165, 1.54) is 12.8 Å². The van der Waals surface area contributed by atoms with Crippen LogP contribution in [0.3, 0.4) is 0 Å². The van der Waals surface area contributed by atoms with E-state index in [4.69, 9.17) is 0 Å². The zero-order chi connectivity index (χ0) is 18.0. The summed E-state index contributed by atoms with van der Waals surface area (Å²) >= 11 is 0. The molecule has 1 saturated heterocycles. The minimum absolute atomic E-state index is 0.270. The number of likely N-dealkylation sites (tertiary alicyclic amines) is 1. The summed E-state index contributed by atoms with van der Waals surface area (Å²) in [4.78, 5) is 23.2. The van der Waals surface area contributed by atoms with Gasteiger partial charge in [-0.3, -0.25) is 4.90 Å². The van der Waals surface area contributed by atoms with Gasteiger partial charge in [0.1, 0.15) is 5.82 Å². The predicted molar refractivity (Wildman–Crippen MR) is 97.6 cm³/mol. The molecule has 1 aromatic heterocycles. The van der Waals surface area contributed by atoms with Crippen molar-refractivity contribution in [2.75, 3.05) is 6.54 Å². The monoisotopic (exact) mass is 339 g/mol. The number of carboxylic acid groups (broad SMARTS) is 1. The maximum atomic E-state index is 11.6. The topological polar surface area (TPSA) is 66.3 Å². The van der Waals surface area contributed by atoms with Crippen molar-refractivity contribution in [3.05, 3.63) is 47.4 Å². The third-order valence-corrected chi connectivity index (χ3v) is 4.84. The number of nitrogens with zero attached hydrogens (tertiary/aromatic N) is 3. The Hall–Kier alpha value is -2.27. The number of hydrogen-bond donors (Lipinski definition) is 1. The highest BCUT2D eigenvalue weighted by molar-refractivity contribution is 5.95. The van der Waals surface area contributed by atoms with E-state index in [2.05, 4.69) is 28.7 Å². The van der Waals surface area contributed by atoms with Crippen LogP contribution in [0.25, 0.3) is 11.3 Å². The summed E-state index contributed by atoms with van der Waals surface area (Å²) in [6, 6.07) is 9.72. The lowest BCUT2D eigenvalue weighted by Crippen LogP contribution is -2.39. The Morgan fingerprint density at radius 2 is 2.00 bits per heavy atom. The molecular weight excluding hydrogens is 314 g/mol. The normalized spacial score (nSPS) is 18.5. The van der Waals surface area contributed by atoms with E-state index in [0.717, 1.165) is 18.7 Å². The number of benzene rings is 1. The molecule has 5 nitrogen and oxygen atoms in total. The third-order valence-electron chi connectivity index (χ3n) is 4.84. The van der Waals surface area contributed by atoms with Gasteiger partial charge in [0.2, 0.25) is 0 Å². The molecule has 0 spiro atoms. The molecule has 1 fully saturated rings. The van der Waals surface area contributed by atoms with Gasteiger partial charge in [-0.15, -0.1) is 0 Å². The molecule has 3 rings (SSSR count). The maximum Gasteiger partial charge on any atom is 0.336 e. The number of piperidine rings is 1. The average molecular weight is 339 g/mol. The van der Waals surface area contributed by atoms with Gasteiger partial charge in [-0.1, -0.05) is 24.6 Å². The molecule has 1 atom stereocenters. The molecule has 132 valence electrons. The highest BCUT2D eigenvalue weighted by Crippen LogP contribution is 2.33. The molecule has 1 aromatic carbocycles. The Morgan fingerprint density at radius 3 is 2.72 bits per heavy atom. The lowest BCUT2D eigenvalue weighted by atomic mass is 9.96. The van der Waals surface area contributed by atoms with Crippen LogP contribution in [-0.2, 0) is 0 Å². The van der Waals surface area contributed by atoms with E-state index >= 15 is 0 Å². The second-order valence-corrected chi connectivity index (χ2v) is 6.92. The van der Waals surface area contributed by atoms with E-state index in [1.807, 2.05) is 25.1 Å². The molecule has 2 aromatic rings. The zero-order valence-electron chi connectivity index (χ0n) is 15.1. The van der Waals surface area contributed by atoms with Gasteiger partial charge in [-0.05, 0) is 52.3 Å². The fraction of sp³-hybridized carbons (Fsp3) is 0.450. The van der Waals surface area contributed by atoms with E-state index in [-0.39, 0.29) is 11.6 Å². The lowest BCUT2D eigenvalue weighted by Gasteiger charge is -2.38. The second-order valence-electron chi connectivity index (χ2n) is 6.92. The van der Waals surface area contributed by atoms with Crippen LogP contribution in [-0.4, -0.2) is 38.5 Å². The molecule has 1 N–H and O–H groups in total. The first-order valence-electron chi connectivity index (χ1n) is 8.91. The second kappa shape index (κ2) is 7.31. The summed E-state index contributed by atoms with van der Waals surface area (Å²) in [5, 5.41) is 9.48. The Bertz CT molecular complexity index is 773. The highest BCUT2D eigenvalue weighted by Gasteiger charge is 2.28. The molecule has 2 heterocycles. The minimum atomic E-state index is -0.935. The van der Waals surface area contributed by atoms with Crippen LogP contribution in [0.2, 0.25) is 0 Å². The largest absolute Gasteiger partial charge is 0.478 e. The summed E-state index contributed by atoms with van der Waals surface area (Å²) in [6.07, 6.45) is 3.49. The number of aromatic carboxylic acids is 1. The number of aryl methyl sites for hydroxylation is 1. The van der Waals surface area contributed by atoms with Gasteiger partial charge in [0.25, 0.3) is 0 Å². The average Bonchev–Trinajstić information content (AvgIpc) is 2.61. The Morgan fingerprint density at radius 1 is 1.24 bits per heavy atom.